The first-order valence-corrected chi connectivity index (χ1v) is 6.39. The van der Waals surface area contributed by atoms with Gasteiger partial charge in [-0.05, 0) is 24.1 Å². The number of rotatable bonds is 1. The third kappa shape index (κ3) is 2.46. The Labute approximate surface area is 110 Å². The Hall–Kier alpha value is -1.03. The van der Waals surface area contributed by atoms with Crippen LogP contribution in [-0.2, 0) is 4.74 Å². The van der Waals surface area contributed by atoms with Crippen molar-refractivity contribution in [3.63, 3.8) is 0 Å². The summed E-state index contributed by atoms with van der Waals surface area (Å²) in [6.45, 7) is 6.65. The van der Waals surface area contributed by atoms with Gasteiger partial charge in [0, 0.05) is 9.89 Å². The van der Waals surface area contributed by atoms with E-state index in [0.29, 0.717) is 6.61 Å². The van der Waals surface area contributed by atoms with E-state index in [0.717, 1.165) is 10.0 Å². The van der Waals surface area contributed by atoms with Crippen molar-refractivity contribution in [2.24, 2.45) is 5.41 Å². The molecule has 0 saturated carbocycles. The Bertz CT molecular complexity index is 457. The molecular formula is C13H16BrNO2. The number of alkyl carbamates (subject to hydrolysis) is 1. The maximum absolute atomic E-state index is 11.4. The van der Waals surface area contributed by atoms with E-state index in [1.807, 2.05) is 6.92 Å². The molecule has 0 bridgehead atoms. The minimum Gasteiger partial charge on any atom is -0.449 e. The van der Waals surface area contributed by atoms with Crippen molar-refractivity contribution < 1.29 is 9.53 Å². The van der Waals surface area contributed by atoms with Gasteiger partial charge in [-0.3, -0.25) is 0 Å². The van der Waals surface area contributed by atoms with Crippen molar-refractivity contribution in [1.82, 2.24) is 5.32 Å². The number of hydrogen-bond acceptors (Lipinski definition) is 2. The van der Waals surface area contributed by atoms with Crippen LogP contribution in [0.15, 0.2) is 22.7 Å². The van der Waals surface area contributed by atoms with Gasteiger partial charge in [-0.2, -0.15) is 0 Å². The number of aryl methyl sites for hydroxylation is 1. The normalized spacial score (nSPS) is 22.8. The lowest BCUT2D eigenvalue weighted by atomic mass is 9.80. The molecule has 0 spiro atoms. The predicted molar refractivity (Wildman–Crippen MR) is 69.9 cm³/mol. The molecule has 1 aromatic rings. The van der Waals surface area contributed by atoms with Crippen LogP contribution in [0.25, 0.3) is 0 Å². The zero-order valence-corrected chi connectivity index (χ0v) is 11.8. The molecule has 2 rings (SSSR count). The van der Waals surface area contributed by atoms with Gasteiger partial charge in [0.05, 0.1) is 6.04 Å². The standard InChI is InChI=1S/C13H16BrNO2/c1-8-4-5-9(10(14)6-8)11-13(2,3)7-17-12(16)15-11/h4-6,11H,7H2,1-3H3,(H,15,16)/t11-/m0/s1. The zero-order valence-electron chi connectivity index (χ0n) is 10.2. The fourth-order valence-corrected chi connectivity index (χ4v) is 2.78. The molecule has 1 amide bonds. The maximum Gasteiger partial charge on any atom is 0.407 e. The average Bonchev–Trinajstić information content (AvgIpc) is 2.23. The van der Waals surface area contributed by atoms with Gasteiger partial charge in [0.25, 0.3) is 0 Å². The van der Waals surface area contributed by atoms with E-state index < -0.39 is 0 Å². The monoisotopic (exact) mass is 297 g/mol. The number of amides is 1. The van der Waals surface area contributed by atoms with Crippen LogP contribution in [0.4, 0.5) is 4.79 Å². The Kier molecular flexibility index (Phi) is 3.17. The maximum atomic E-state index is 11.4. The first kappa shape index (κ1) is 12.4. The summed E-state index contributed by atoms with van der Waals surface area (Å²) in [4.78, 5) is 11.4. The van der Waals surface area contributed by atoms with Crippen molar-refractivity contribution in [2.45, 2.75) is 26.8 Å². The van der Waals surface area contributed by atoms with Crippen LogP contribution in [0, 0.1) is 12.3 Å². The molecule has 1 aromatic carbocycles. The van der Waals surface area contributed by atoms with Crippen molar-refractivity contribution >= 4 is 22.0 Å². The van der Waals surface area contributed by atoms with Gasteiger partial charge in [0.15, 0.2) is 0 Å². The molecule has 1 fully saturated rings. The number of benzene rings is 1. The highest BCUT2D eigenvalue weighted by Gasteiger charge is 2.38. The van der Waals surface area contributed by atoms with E-state index in [-0.39, 0.29) is 17.6 Å². The summed E-state index contributed by atoms with van der Waals surface area (Å²) < 4.78 is 6.07. The van der Waals surface area contributed by atoms with Crippen LogP contribution in [-0.4, -0.2) is 12.7 Å². The quantitative estimate of drug-likeness (QED) is 0.861. The van der Waals surface area contributed by atoms with Crippen LogP contribution < -0.4 is 5.32 Å². The minimum atomic E-state index is -0.346. The smallest absolute Gasteiger partial charge is 0.407 e. The molecule has 0 unspecified atom stereocenters. The first-order chi connectivity index (χ1) is 7.90. The highest BCUT2D eigenvalue weighted by molar-refractivity contribution is 9.10. The van der Waals surface area contributed by atoms with Crippen LogP contribution in [0.5, 0.6) is 0 Å². The number of hydrogen-bond donors (Lipinski definition) is 1. The van der Waals surface area contributed by atoms with Crippen molar-refractivity contribution in [1.29, 1.82) is 0 Å². The van der Waals surface area contributed by atoms with Gasteiger partial charge in [-0.15, -0.1) is 0 Å². The van der Waals surface area contributed by atoms with E-state index >= 15 is 0 Å². The molecule has 1 saturated heterocycles. The van der Waals surface area contributed by atoms with Gasteiger partial charge in [-0.25, -0.2) is 4.79 Å². The van der Waals surface area contributed by atoms with Crippen LogP contribution in [0.3, 0.4) is 0 Å². The molecule has 3 nitrogen and oxygen atoms in total. The highest BCUT2D eigenvalue weighted by atomic mass is 79.9. The predicted octanol–water partition coefficient (Wildman–Crippen LogP) is 3.56. The second-order valence-corrected chi connectivity index (χ2v) is 6.02. The Balaban J connectivity index is 2.39. The summed E-state index contributed by atoms with van der Waals surface area (Å²) in [6.07, 6.45) is -0.346. The first-order valence-electron chi connectivity index (χ1n) is 5.59. The Morgan fingerprint density at radius 1 is 1.47 bits per heavy atom. The number of ether oxygens (including phenoxy) is 1. The molecule has 1 heterocycles. The van der Waals surface area contributed by atoms with Crippen LogP contribution in [0.2, 0.25) is 0 Å². The average molecular weight is 298 g/mol. The molecular weight excluding hydrogens is 282 g/mol. The van der Waals surface area contributed by atoms with Gasteiger partial charge in [-0.1, -0.05) is 41.9 Å². The second kappa shape index (κ2) is 4.33. The summed E-state index contributed by atoms with van der Waals surface area (Å²) in [5.74, 6) is 0. The van der Waals surface area contributed by atoms with Crippen LogP contribution >= 0.6 is 15.9 Å². The number of nitrogens with one attached hydrogen (secondary N) is 1. The van der Waals surface area contributed by atoms with E-state index in [9.17, 15) is 4.79 Å². The number of carbonyl (C=O) groups is 1. The van der Waals surface area contributed by atoms with Gasteiger partial charge in [0.2, 0.25) is 0 Å². The largest absolute Gasteiger partial charge is 0.449 e. The SMILES string of the molecule is Cc1ccc([C@@H]2NC(=O)OCC2(C)C)c(Br)c1. The molecule has 0 aromatic heterocycles. The fraction of sp³-hybridized carbons (Fsp3) is 0.462. The molecule has 0 aliphatic carbocycles. The number of halogens is 1. The highest BCUT2D eigenvalue weighted by Crippen LogP contribution is 2.39. The molecule has 0 radical (unpaired) electrons. The molecule has 1 N–H and O–H groups in total. The molecule has 4 heteroatoms. The van der Waals surface area contributed by atoms with Crippen molar-refractivity contribution in [2.75, 3.05) is 6.61 Å². The third-order valence-electron chi connectivity index (χ3n) is 3.09. The van der Waals surface area contributed by atoms with E-state index in [2.05, 4.69) is 53.3 Å². The second-order valence-electron chi connectivity index (χ2n) is 5.17. The van der Waals surface area contributed by atoms with Crippen molar-refractivity contribution in [3.05, 3.63) is 33.8 Å². The summed E-state index contributed by atoms with van der Waals surface area (Å²) in [7, 11) is 0. The zero-order chi connectivity index (χ0) is 12.6. The van der Waals surface area contributed by atoms with Gasteiger partial charge in [0.1, 0.15) is 6.61 Å². The Morgan fingerprint density at radius 2 is 2.18 bits per heavy atom. The lowest BCUT2D eigenvalue weighted by Gasteiger charge is -2.39. The third-order valence-corrected chi connectivity index (χ3v) is 3.77. The van der Waals surface area contributed by atoms with E-state index in [1.165, 1.54) is 5.56 Å². The Morgan fingerprint density at radius 3 is 2.82 bits per heavy atom. The molecule has 1 aliphatic rings. The summed E-state index contributed by atoms with van der Waals surface area (Å²) in [5, 5.41) is 2.89. The molecule has 1 atom stereocenters. The topological polar surface area (TPSA) is 38.3 Å². The van der Waals surface area contributed by atoms with Gasteiger partial charge >= 0.3 is 6.09 Å². The van der Waals surface area contributed by atoms with Gasteiger partial charge < -0.3 is 10.1 Å². The molecule has 17 heavy (non-hydrogen) atoms. The summed E-state index contributed by atoms with van der Waals surface area (Å²) in [5.41, 5.74) is 2.17. The summed E-state index contributed by atoms with van der Waals surface area (Å²) in [6, 6.07) is 6.14. The summed E-state index contributed by atoms with van der Waals surface area (Å²) >= 11 is 3.56. The lowest BCUT2D eigenvalue weighted by molar-refractivity contribution is 0.0385. The van der Waals surface area contributed by atoms with Crippen LogP contribution in [0.1, 0.15) is 31.0 Å². The molecule has 1 aliphatic heterocycles. The number of cyclic esters (lactones) is 1. The van der Waals surface area contributed by atoms with E-state index in [4.69, 9.17) is 4.74 Å². The fourth-order valence-electron chi connectivity index (χ4n) is 2.05. The van der Waals surface area contributed by atoms with Crippen molar-refractivity contribution in [3.8, 4) is 0 Å². The molecule has 92 valence electrons. The van der Waals surface area contributed by atoms with E-state index in [1.54, 1.807) is 0 Å². The number of carbonyl (C=O) groups excluding carboxylic acids is 1. The lowest BCUT2D eigenvalue weighted by Crippen LogP contribution is -2.47. The minimum absolute atomic E-state index is 0.0290.